The molecule has 0 radical (unpaired) electrons. The van der Waals surface area contributed by atoms with E-state index in [0.29, 0.717) is 12.2 Å². The Balaban J connectivity index is 2.02. The number of aryl methyl sites for hydroxylation is 1. The van der Waals surface area contributed by atoms with Crippen LogP contribution in [-0.4, -0.2) is 23.7 Å². The van der Waals surface area contributed by atoms with Crippen LogP contribution in [0.5, 0.6) is 0 Å². The molecule has 1 aliphatic carbocycles. The Morgan fingerprint density at radius 1 is 1.35 bits per heavy atom. The van der Waals surface area contributed by atoms with Crippen LogP contribution in [0.15, 0.2) is 18.2 Å². The van der Waals surface area contributed by atoms with Crippen LogP contribution in [0.25, 0.3) is 0 Å². The van der Waals surface area contributed by atoms with Crippen LogP contribution < -0.4 is 10.6 Å². The zero-order chi connectivity index (χ0) is 14.8. The van der Waals surface area contributed by atoms with E-state index in [1.807, 2.05) is 0 Å². The second-order valence-electron chi connectivity index (χ2n) is 5.77. The molecule has 1 aromatic carbocycles. The summed E-state index contributed by atoms with van der Waals surface area (Å²) in [5, 5.41) is 14.6. The molecule has 2 rings (SSSR count). The molecule has 1 fully saturated rings. The lowest BCUT2D eigenvalue weighted by Gasteiger charge is -2.38. The zero-order valence-corrected chi connectivity index (χ0v) is 11.8. The van der Waals surface area contributed by atoms with Crippen LogP contribution in [0.4, 0.5) is 10.5 Å². The van der Waals surface area contributed by atoms with Gasteiger partial charge in [0.1, 0.15) is 0 Å². The predicted molar refractivity (Wildman–Crippen MR) is 77.1 cm³/mol. The number of para-hydroxylation sites is 1. The van der Waals surface area contributed by atoms with Crippen molar-refractivity contribution in [3.05, 3.63) is 29.3 Å². The molecule has 0 aromatic heterocycles. The maximum Gasteiger partial charge on any atom is 0.337 e. The van der Waals surface area contributed by atoms with Gasteiger partial charge in [0.2, 0.25) is 0 Å². The normalized spacial score (nSPS) is 16.1. The van der Waals surface area contributed by atoms with Crippen molar-refractivity contribution in [3.63, 3.8) is 0 Å². The summed E-state index contributed by atoms with van der Waals surface area (Å²) in [7, 11) is 0. The summed E-state index contributed by atoms with van der Waals surface area (Å²) in [6.07, 6.45) is 3.46. The third kappa shape index (κ3) is 3.10. The number of hydrogen-bond acceptors (Lipinski definition) is 2. The molecule has 1 aromatic rings. The molecule has 5 nitrogen and oxygen atoms in total. The van der Waals surface area contributed by atoms with Crippen molar-refractivity contribution in [1.29, 1.82) is 0 Å². The van der Waals surface area contributed by atoms with Gasteiger partial charge in [-0.05, 0) is 36.8 Å². The van der Waals surface area contributed by atoms with Gasteiger partial charge in [0, 0.05) is 6.54 Å². The molecule has 5 heteroatoms. The van der Waals surface area contributed by atoms with E-state index < -0.39 is 5.97 Å². The van der Waals surface area contributed by atoms with Crippen LogP contribution >= 0.6 is 0 Å². The topological polar surface area (TPSA) is 78.4 Å². The number of carboxylic acids is 1. The van der Waals surface area contributed by atoms with Crippen molar-refractivity contribution in [2.45, 2.75) is 33.1 Å². The van der Waals surface area contributed by atoms with Crippen molar-refractivity contribution in [2.75, 3.05) is 11.9 Å². The number of anilines is 1. The first-order chi connectivity index (χ1) is 9.41. The lowest BCUT2D eigenvalue weighted by Crippen LogP contribution is -2.41. The fraction of sp³-hybridized carbons (Fsp3) is 0.467. The number of hydrogen-bond donors (Lipinski definition) is 3. The Bertz CT molecular complexity index is 536. The van der Waals surface area contributed by atoms with Crippen LogP contribution in [0.1, 0.15) is 42.1 Å². The molecule has 1 aliphatic rings. The highest BCUT2D eigenvalue weighted by Gasteiger charge is 2.31. The van der Waals surface area contributed by atoms with Gasteiger partial charge < -0.3 is 15.7 Å². The van der Waals surface area contributed by atoms with Gasteiger partial charge in [-0.1, -0.05) is 25.5 Å². The molecule has 0 bridgehead atoms. The van der Waals surface area contributed by atoms with E-state index in [-0.39, 0.29) is 17.0 Å². The summed E-state index contributed by atoms with van der Waals surface area (Å²) >= 11 is 0. The molecule has 1 saturated carbocycles. The molecule has 3 N–H and O–H groups in total. The van der Waals surface area contributed by atoms with E-state index in [2.05, 4.69) is 17.6 Å². The highest BCUT2D eigenvalue weighted by molar-refractivity contribution is 6.00. The van der Waals surface area contributed by atoms with Gasteiger partial charge in [0.15, 0.2) is 0 Å². The van der Waals surface area contributed by atoms with Gasteiger partial charge in [0.05, 0.1) is 11.3 Å². The molecule has 108 valence electrons. The van der Waals surface area contributed by atoms with Gasteiger partial charge in [0.25, 0.3) is 0 Å². The monoisotopic (exact) mass is 276 g/mol. The Morgan fingerprint density at radius 3 is 2.60 bits per heavy atom. The average Bonchev–Trinajstić information content (AvgIpc) is 2.36. The van der Waals surface area contributed by atoms with E-state index in [1.165, 1.54) is 12.5 Å². The van der Waals surface area contributed by atoms with E-state index in [0.717, 1.165) is 18.4 Å². The Labute approximate surface area is 118 Å². The van der Waals surface area contributed by atoms with E-state index in [1.54, 1.807) is 19.1 Å². The van der Waals surface area contributed by atoms with Gasteiger partial charge in [-0.3, -0.25) is 0 Å². The van der Waals surface area contributed by atoms with Crippen LogP contribution in [0.3, 0.4) is 0 Å². The van der Waals surface area contributed by atoms with Crippen LogP contribution in [-0.2, 0) is 0 Å². The Hall–Kier alpha value is -2.04. The molecule has 0 spiro atoms. The number of carbonyl (C=O) groups excluding carboxylic acids is 1. The molecular weight excluding hydrogens is 256 g/mol. The highest BCUT2D eigenvalue weighted by Crippen LogP contribution is 2.39. The van der Waals surface area contributed by atoms with Crippen molar-refractivity contribution in [1.82, 2.24) is 5.32 Å². The number of rotatable bonds is 4. The number of nitrogens with one attached hydrogen (secondary N) is 2. The van der Waals surface area contributed by atoms with E-state index in [4.69, 9.17) is 5.11 Å². The molecule has 0 heterocycles. The first-order valence-electron chi connectivity index (χ1n) is 6.79. The van der Waals surface area contributed by atoms with Gasteiger partial charge in [-0.25, -0.2) is 9.59 Å². The van der Waals surface area contributed by atoms with Crippen LogP contribution in [0.2, 0.25) is 0 Å². The lowest BCUT2D eigenvalue weighted by molar-refractivity contribution is 0.0698. The zero-order valence-electron chi connectivity index (χ0n) is 11.8. The van der Waals surface area contributed by atoms with Gasteiger partial charge in [-0.2, -0.15) is 0 Å². The number of amides is 2. The summed E-state index contributed by atoms with van der Waals surface area (Å²) in [6, 6.07) is 4.57. The first-order valence-corrected chi connectivity index (χ1v) is 6.79. The van der Waals surface area contributed by atoms with E-state index >= 15 is 0 Å². The minimum atomic E-state index is -1.05. The number of benzene rings is 1. The fourth-order valence-corrected chi connectivity index (χ4v) is 2.42. The molecule has 0 saturated heterocycles. The Morgan fingerprint density at radius 2 is 2.05 bits per heavy atom. The van der Waals surface area contributed by atoms with Crippen molar-refractivity contribution in [2.24, 2.45) is 5.41 Å². The first kappa shape index (κ1) is 14.4. The largest absolute Gasteiger partial charge is 0.478 e. The maximum atomic E-state index is 11.9. The minimum Gasteiger partial charge on any atom is -0.478 e. The number of carboxylic acid groups (broad SMARTS) is 1. The van der Waals surface area contributed by atoms with Crippen LogP contribution in [0, 0.1) is 12.3 Å². The van der Waals surface area contributed by atoms with Gasteiger partial charge >= 0.3 is 12.0 Å². The molecular formula is C15H20N2O3. The average molecular weight is 276 g/mol. The van der Waals surface area contributed by atoms with Gasteiger partial charge in [-0.15, -0.1) is 0 Å². The summed E-state index contributed by atoms with van der Waals surface area (Å²) < 4.78 is 0. The number of aromatic carboxylic acids is 1. The van der Waals surface area contributed by atoms with Crippen molar-refractivity contribution < 1.29 is 14.7 Å². The summed E-state index contributed by atoms with van der Waals surface area (Å²) in [5.74, 6) is -1.05. The summed E-state index contributed by atoms with van der Waals surface area (Å²) in [6.45, 7) is 4.54. The molecule has 0 unspecified atom stereocenters. The number of urea groups is 1. The molecule has 0 atom stereocenters. The minimum absolute atomic E-state index is 0.106. The second-order valence-corrected chi connectivity index (χ2v) is 5.77. The molecule has 20 heavy (non-hydrogen) atoms. The predicted octanol–water partition coefficient (Wildman–Crippen LogP) is 3.00. The fourth-order valence-electron chi connectivity index (χ4n) is 2.42. The molecule has 0 aliphatic heterocycles. The van der Waals surface area contributed by atoms with E-state index in [9.17, 15) is 9.59 Å². The SMILES string of the molecule is Cc1cccc(C(=O)O)c1NC(=O)NCC1(C)CCC1. The second kappa shape index (κ2) is 5.53. The molecule has 2 amide bonds. The standard InChI is InChI=1S/C15H20N2O3/c1-10-5-3-6-11(13(18)19)12(10)17-14(20)16-9-15(2)7-4-8-15/h3,5-6H,4,7-9H2,1-2H3,(H,18,19)(H2,16,17,20). The highest BCUT2D eigenvalue weighted by atomic mass is 16.4. The summed E-state index contributed by atoms with van der Waals surface area (Å²) in [5.41, 5.74) is 1.39. The van der Waals surface area contributed by atoms with Crippen molar-refractivity contribution >= 4 is 17.7 Å². The summed E-state index contributed by atoms with van der Waals surface area (Å²) in [4.78, 5) is 23.1. The maximum absolute atomic E-state index is 11.9. The Kier molecular flexibility index (Phi) is 3.97. The number of carbonyl (C=O) groups is 2. The lowest BCUT2D eigenvalue weighted by atomic mass is 9.70. The quantitative estimate of drug-likeness (QED) is 0.791. The smallest absolute Gasteiger partial charge is 0.337 e. The third-order valence-corrected chi connectivity index (χ3v) is 3.98. The van der Waals surface area contributed by atoms with Crippen molar-refractivity contribution in [3.8, 4) is 0 Å². The third-order valence-electron chi connectivity index (χ3n) is 3.98.